The van der Waals surface area contributed by atoms with Crippen LogP contribution < -0.4 is 10.5 Å². The monoisotopic (exact) mass is 401 g/mol. The summed E-state index contributed by atoms with van der Waals surface area (Å²) in [5, 5.41) is 9.82. The summed E-state index contributed by atoms with van der Waals surface area (Å²) in [6.45, 7) is 2.13. The largest absolute Gasteiger partial charge is 0.503 e. The molecule has 18 heavy (non-hydrogen) atoms. The maximum atomic E-state index is 9.82. The van der Waals surface area contributed by atoms with Crippen molar-refractivity contribution in [2.75, 3.05) is 7.11 Å². The molecule has 0 fully saturated rings. The Hall–Kier alpha value is 0.0300. The van der Waals surface area contributed by atoms with E-state index in [0.717, 1.165) is 29.3 Å². The van der Waals surface area contributed by atoms with Crippen molar-refractivity contribution in [1.82, 2.24) is 0 Å². The fraction of sp³-hybridized carbons (Fsp3) is 0.500. The molecule has 0 bridgehead atoms. The number of hydrogen-bond acceptors (Lipinski definition) is 3. The molecule has 1 rings (SSSR count). The van der Waals surface area contributed by atoms with E-state index in [0.29, 0.717) is 10.2 Å². The van der Waals surface area contributed by atoms with Crippen molar-refractivity contribution in [2.24, 2.45) is 5.73 Å². The molecule has 6 heteroatoms. The first-order chi connectivity index (χ1) is 8.02. The second-order valence-corrected chi connectivity index (χ2v) is 5.48. The van der Waals surface area contributed by atoms with Gasteiger partial charge in [-0.2, -0.15) is 0 Å². The maximum absolute atomic E-state index is 9.82. The molecule has 0 spiro atoms. The summed E-state index contributed by atoms with van der Waals surface area (Å²) in [5.41, 5.74) is 7.08. The average Bonchev–Trinajstić information content (AvgIpc) is 2.33. The zero-order chi connectivity index (χ0) is 13.0. The quantitative estimate of drug-likeness (QED) is 0.759. The van der Waals surface area contributed by atoms with Gasteiger partial charge in [0.2, 0.25) is 0 Å². The van der Waals surface area contributed by atoms with Crippen LogP contribution in [0.2, 0.25) is 0 Å². The SMILES string of the molecule is CCCC[C@@H](N)c1cc(OC)c(O)c(Br)c1Br.Cl. The highest BCUT2D eigenvalue weighted by atomic mass is 79.9. The lowest BCUT2D eigenvalue weighted by molar-refractivity contribution is 0.370. The van der Waals surface area contributed by atoms with Crippen LogP contribution in [0.15, 0.2) is 15.0 Å². The van der Waals surface area contributed by atoms with Gasteiger partial charge < -0.3 is 15.6 Å². The van der Waals surface area contributed by atoms with Crippen LogP contribution in [-0.4, -0.2) is 12.2 Å². The first kappa shape index (κ1) is 18.0. The number of halogens is 3. The molecule has 1 aromatic carbocycles. The van der Waals surface area contributed by atoms with Gasteiger partial charge in [-0.25, -0.2) is 0 Å². The Morgan fingerprint density at radius 1 is 1.39 bits per heavy atom. The summed E-state index contributed by atoms with van der Waals surface area (Å²) in [5.74, 6) is 0.521. The van der Waals surface area contributed by atoms with Crippen molar-refractivity contribution < 1.29 is 9.84 Å². The smallest absolute Gasteiger partial charge is 0.173 e. The van der Waals surface area contributed by atoms with Crippen LogP contribution in [0, 0.1) is 0 Å². The number of phenols is 1. The standard InChI is InChI=1S/C12H17Br2NO2.ClH/c1-3-4-5-8(15)7-6-9(17-2)12(16)11(14)10(7)13;/h6,8,16H,3-5,15H2,1-2H3;1H/t8-;/m1./s1. The zero-order valence-electron chi connectivity index (χ0n) is 10.4. The molecule has 0 saturated heterocycles. The third-order valence-electron chi connectivity index (χ3n) is 2.66. The molecule has 3 N–H and O–H groups in total. The minimum Gasteiger partial charge on any atom is -0.503 e. The van der Waals surface area contributed by atoms with E-state index in [2.05, 4.69) is 38.8 Å². The first-order valence-electron chi connectivity index (χ1n) is 5.53. The maximum Gasteiger partial charge on any atom is 0.173 e. The zero-order valence-corrected chi connectivity index (χ0v) is 14.4. The average molecular weight is 404 g/mol. The summed E-state index contributed by atoms with van der Waals surface area (Å²) in [6.07, 6.45) is 3.10. The second kappa shape index (κ2) is 8.25. The van der Waals surface area contributed by atoms with Gasteiger partial charge in [0.15, 0.2) is 11.5 Å². The highest BCUT2D eigenvalue weighted by Crippen LogP contribution is 2.43. The molecule has 0 aromatic heterocycles. The number of rotatable bonds is 5. The molecule has 0 saturated carbocycles. The predicted molar refractivity (Wildman–Crippen MR) is 83.8 cm³/mol. The summed E-state index contributed by atoms with van der Waals surface area (Å²) in [6, 6.07) is 1.72. The summed E-state index contributed by atoms with van der Waals surface area (Å²) < 4.78 is 6.49. The van der Waals surface area contributed by atoms with Gasteiger partial charge in [0.25, 0.3) is 0 Å². The van der Waals surface area contributed by atoms with Crippen molar-refractivity contribution in [1.29, 1.82) is 0 Å². The number of phenolic OH excluding ortho intramolecular Hbond substituents is 1. The lowest BCUT2D eigenvalue weighted by Gasteiger charge is -2.17. The number of benzene rings is 1. The van der Waals surface area contributed by atoms with Gasteiger partial charge in [0, 0.05) is 10.5 Å². The van der Waals surface area contributed by atoms with Crippen LogP contribution in [-0.2, 0) is 0 Å². The highest BCUT2D eigenvalue weighted by molar-refractivity contribution is 9.13. The van der Waals surface area contributed by atoms with Crippen LogP contribution in [0.4, 0.5) is 0 Å². The Morgan fingerprint density at radius 3 is 2.50 bits per heavy atom. The van der Waals surface area contributed by atoms with E-state index in [1.165, 1.54) is 7.11 Å². The third kappa shape index (κ3) is 4.02. The number of ether oxygens (including phenoxy) is 1. The van der Waals surface area contributed by atoms with Crippen molar-refractivity contribution in [3.8, 4) is 11.5 Å². The number of aromatic hydroxyl groups is 1. The van der Waals surface area contributed by atoms with Gasteiger partial charge in [-0.05, 0) is 49.9 Å². The molecule has 0 aliphatic heterocycles. The third-order valence-corrected chi connectivity index (χ3v) is 4.82. The van der Waals surface area contributed by atoms with Crippen LogP contribution >= 0.6 is 44.3 Å². The van der Waals surface area contributed by atoms with Crippen LogP contribution in [0.3, 0.4) is 0 Å². The highest BCUT2D eigenvalue weighted by Gasteiger charge is 2.18. The van der Waals surface area contributed by atoms with Crippen molar-refractivity contribution >= 4 is 44.3 Å². The molecule has 0 aliphatic rings. The molecule has 0 heterocycles. The summed E-state index contributed by atoms with van der Waals surface area (Å²) in [4.78, 5) is 0. The van der Waals surface area contributed by atoms with Gasteiger partial charge in [0.1, 0.15) is 0 Å². The molecule has 1 aromatic rings. The van der Waals surface area contributed by atoms with E-state index in [4.69, 9.17) is 10.5 Å². The summed E-state index contributed by atoms with van der Waals surface area (Å²) >= 11 is 6.77. The molecular weight excluding hydrogens is 385 g/mol. The fourth-order valence-electron chi connectivity index (χ4n) is 1.62. The van der Waals surface area contributed by atoms with E-state index in [-0.39, 0.29) is 24.2 Å². The van der Waals surface area contributed by atoms with Crippen molar-refractivity contribution in [3.05, 3.63) is 20.6 Å². The van der Waals surface area contributed by atoms with Crippen LogP contribution in [0.5, 0.6) is 11.5 Å². The lowest BCUT2D eigenvalue weighted by atomic mass is 10.0. The van der Waals surface area contributed by atoms with Gasteiger partial charge in [-0.15, -0.1) is 12.4 Å². The van der Waals surface area contributed by atoms with Crippen molar-refractivity contribution in [3.63, 3.8) is 0 Å². The Bertz CT molecular complexity index is 402. The molecule has 0 unspecified atom stereocenters. The van der Waals surface area contributed by atoms with Gasteiger partial charge in [-0.3, -0.25) is 0 Å². The topological polar surface area (TPSA) is 55.5 Å². The van der Waals surface area contributed by atoms with E-state index in [1.54, 1.807) is 6.07 Å². The molecule has 0 radical (unpaired) electrons. The molecule has 0 amide bonds. The Labute approximate surface area is 131 Å². The molecular formula is C12H18Br2ClNO2. The second-order valence-electron chi connectivity index (χ2n) is 3.89. The number of methoxy groups -OCH3 is 1. The van der Waals surface area contributed by atoms with Gasteiger partial charge in [-0.1, -0.05) is 19.8 Å². The predicted octanol–water partition coefficient (Wildman–Crippen LogP) is 4.54. The normalized spacial score (nSPS) is 11.8. The van der Waals surface area contributed by atoms with Crippen LogP contribution in [0.25, 0.3) is 0 Å². The number of unbranched alkanes of at least 4 members (excludes halogenated alkanes) is 1. The first-order valence-corrected chi connectivity index (χ1v) is 7.11. The Morgan fingerprint density at radius 2 is 2.00 bits per heavy atom. The van der Waals surface area contributed by atoms with E-state index < -0.39 is 0 Å². The number of hydrogen-bond donors (Lipinski definition) is 2. The number of nitrogens with two attached hydrogens (primary N) is 1. The van der Waals surface area contributed by atoms with Gasteiger partial charge >= 0.3 is 0 Å². The Kier molecular flexibility index (Phi) is 8.26. The van der Waals surface area contributed by atoms with Gasteiger partial charge in [0.05, 0.1) is 11.6 Å². The minimum absolute atomic E-state index is 0. The van der Waals surface area contributed by atoms with E-state index in [9.17, 15) is 5.11 Å². The molecule has 1 atom stereocenters. The van der Waals surface area contributed by atoms with E-state index in [1.807, 2.05) is 0 Å². The van der Waals surface area contributed by atoms with Crippen molar-refractivity contribution in [2.45, 2.75) is 32.2 Å². The summed E-state index contributed by atoms with van der Waals surface area (Å²) in [7, 11) is 1.52. The molecule has 3 nitrogen and oxygen atoms in total. The Balaban J connectivity index is 0.00000289. The van der Waals surface area contributed by atoms with E-state index >= 15 is 0 Å². The van der Waals surface area contributed by atoms with Crippen LogP contribution in [0.1, 0.15) is 37.8 Å². The lowest BCUT2D eigenvalue weighted by Crippen LogP contribution is -2.11. The minimum atomic E-state index is -0.0601. The fourth-order valence-corrected chi connectivity index (χ4v) is 2.64. The molecule has 0 aliphatic carbocycles. The molecule has 104 valence electrons.